The van der Waals surface area contributed by atoms with Gasteiger partial charge < -0.3 is 10.1 Å². The highest BCUT2D eigenvalue weighted by Gasteiger charge is 2.22. The topological polar surface area (TPSA) is 50.4 Å². The Balaban J connectivity index is 2.09. The largest absolute Gasteiger partial charge is 0.370 e. The van der Waals surface area contributed by atoms with Gasteiger partial charge in [0.05, 0.1) is 17.7 Å². The Kier molecular flexibility index (Phi) is 4.04. The maximum atomic E-state index is 11.6. The number of amides is 1. The van der Waals surface area contributed by atoms with Crippen LogP contribution in [0.1, 0.15) is 12.5 Å². The van der Waals surface area contributed by atoms with E-state index in [-0.39, 0.29) is 11.2 Å². The van der Waals surface area contributed by atoms with Crippen molar-refractivity contribution in [2.45, 2.75) is 23.6 Å². The summed E-state index contributed by atoms with van der Waals surface area (Å²) in [6.45, 7) is 3.17. The van der Waals surface area contributed by atoms with E-state index in [9.17, 15) is 4.79 Å². The normalized spacial score (nSPS) is 18.7. The second-order valence-electron chi connectivity index (χ2n) is 3.94. The van der Waals surface area contributed by atoms with Crippen molar-refractivity contribution in [1.29, 1.82) is 0 Å². The monoisotopic (exact) mass is 252 g/mol. The summed E-state index contributed by atoms with van der Waals surface area (Å²) >= 11 is 1.60. The molecule has 0 saturated carbocycles. The molecule has 0 aromatic heterocycles. The van der Waals surface area contributed by atoms with Crippen LogP contribution in [-0.2, 0) is 16.1 Å². The van der Waals surface area contributed by atoms with Gasteiger partial charge in [0.1, 0.15) is 0 Å². The third-order valence-corrected chi connectivity index (χ3v) is 3.73. The Morgan fingerprint density at radius 3 is 3.12 bits per heavy atom. The van der Waals surface area contributed by atoms with Crippen molar-refractivity contribution in [3.8, 4) is 0 Å². The van der Waals surface area contributed by atoms with Crippen LogP contribution >= 0.6 is 11.8 Å². The lowest BCUT2D eigenvalue weighted by atomic mass is 10.2. The van der Waals surface area contributed by atoms with Crippen LogP contribution in [0.15, 0.2) is 23.1 Å². The summed E-state index contributed by atoms with van der Waals surface area (Å²) in [7, 11) is 1.65. The summed E-state index contributed by atoms with van der Waals surface area (Å²) in [6.07, 6.45) is 0. The number of hydrogen-bond donors (Lipinski definition) is 2. The van der Waals surface area contributed by atoms with Crippen LogP contribution in [0.2, 0.25) is 0 Å². The fraction of sp³-hybridized carbons (Fsp3) is 0.417. The van der Waals surface area contributed by atoms with Crippen LogP contribution in [0.25, 0.3) is 0 Å². The number of carbonyl (C=O) groups excluding carboxylic acids is 1. The zero-order valence-corrected chi connectivity index (χ0v) is 10.8. The molecule has 0 aliphatic carbocycles. The molecule has 1 aliphatic rings. The van der Waals surface area contributed by atoms with E-state index in [1.165, 1.54) is 0 Å². The molecular weight excluding hydrogens is 236 g/mol. The van der Waals surface area contributed by atoms with Gasteiger partial charge in [-0.1, -0.05) is 6.07 Å². The summed E-state index contributed by atoms with van der Waals surface area (Å²) in [5.74, 6) is 0.0736. The van der Waals surface area contributed by atoms with Crippen molar-refractivity contribution in [2.24, 2.45) is 0 Å². The van der Waals surface area contributed by atoms with Gasteiger partial charge in [-0.05, 0) is 24.6 Å². The van der Waals surface area contributed by atoms with E-state index >= 15 is 0 Å². The Hall–Kier alpha value is -1.04. The molecule has 4 nitrogen and oxygen atoms in total. The molecule has 5 heteroatoms. The highest BCUT2D eigenvalue weighted by atomic mass is 32.2. The molecule has 0 bridgehead atoms. The number of benzene rings is 1. The predicted octanol–water partition coefficient (Wildman–Crippen LogP) is 1.81. The molecule has 1 aromatic carbocycles. The van der Waals surface area contributed by atoms with E-state index in [4.69, 9.17) is 4.74 Å². The third-order valence-electron chi connectivity index (χ3n) is 2.55. The molecule has 2 rings (SSSR count). The Bertz CT molecular complexity index is 423. The van der Waals surface area contributed by atoms with Crippen molar-refractivity contribution in [2.75, 3.05) is 19.2 Å². The van der Waals surface area contributed by atoms with E-state index in [0.29, 0.717) is 6.73 Å². The van der Waals surface area contributed by atoms with E-state index in [1.54, 1.807) is 18.9 Å². The highest BCUT2D eigenvalue weighted by molar-refractivity contribution is 8.00. The summed E-state index contributed by atoms with van der Waals surface area (Å²) in [5.41, 5.74) is 2.05. The standard InChI is InChI=1S/C12H16N2O2S/c1-8-12(15)14-10-5-9(6-13-7-16-2)3-4-11(10)17-8/h3-5,8,13H,6-7H2,1-2H3,(H,14,15). The van der Waals surface area contributed by atoms with E-state index in [1.807, 2.05) is 13.0 Å². The predicted molar refractivity (Wildman–Crippen MR) is 69.1 cm³/mol. The fourth-order valence-electron chi connectivity index (χ4n) is 1.66. The van der Waals surface area contributed by atoms with Crippen molar-refractivity contribution >= 4 is 23.4 Å². The van der Waals surface area contributed by atoms with Gasteiger partial charge in [-0.2, -0.15) is 0 Å². The highest BCUT2D eigenvalue weighted by Crippen LogP contribution is 2.35. The van der Waals surface area contributed by atoms with E-state index < -0.39 is 0 Å². The van der Waals surface area contributed by atoms with E-state index in [0.717, 1.165) is 22.7 Å². The fourth-order valence-corrected chi connectivity index (χ4v) is 2.59. The minimum atomic E-state index is -0.0139. The van der Waals surface area contributed by atoms with Crippen molar-refractivity contribution in [3.63, 3.8) is 0 Å². The average molecular weight is 252 g/mol. The minimum absolute atomic E-state index is 0.0139. The van der Waals surface area contributed by atoms with Crippen molar-refractivity contribution in [3.05, 3.63) is 23.8 Å². The molecule has 1 aromatic rings. The van der Waals surface area contributed by atoms with Crippen molar-refractivity contribution in [1.82, 2.24) is 5.32 Å². The van der Waals surface area contributed by atoms with Gasteiger partial charge in [-0.15, -0.1) is 11.8 Å². The number of thioether (sulfide) groups is 1. The van der Waals surface area contributed by atoms with Crippen molar-refractivity contribution < 1.29 is 9.53 Å². The van der Waals surface area contributed by atoms with Crippen LogP contribution < -0.4 is 10.6 Å². The average Bonchev–Trinajstić information content (AvgIpc) is 2.31. The molecule has 1 heterocycles. The first-order valence-electron chi connectivity index (χ1n) is 5.51. The molecule has 0 fully saturated rings. The Labute approximate surface area is 105 Å². The molecule has 0 saturated heterocycles. The third kappa shape index (κ3) is 3.00. The first-order chi connectivity index (χ1) is 8.20. The van der Waals surface area contributed by atoms with Crippen LogP contribution in [0.4, 0.5) is 5.69 Å². The molecule has 92 valence electrons. The molecular formula is C12H16N2O2S. The van der Waals surface area contributed by atoms with Crippen LogP contribution in [0.3, 0.4) is 0 Å². The van der Waals surface area contributed by atoms with Crippen LogP contribution in [0, 0.1) is 0 Å². The summed E-state index contributed by atoms with van der Waals surface area (Å²) in [6, 6.07) is 6.13. The molecule has 1 amide bonds. The van der Waals surface area contributed by atoms with Gasteiger partial charge in [-0.25, -0.2) is 0 Å². The van der Waals surface area contributed by atoms with Gasteiger partial charge in [-0.3, -0.25) is 10.1 Å². The van der Waals surface area contributed by atoms with Crippen LogP contribution in [-0.4, -0.2) is 25.0 Å². The Morgan fingerprint density at radius 1 is 1.53 bits per heavy atom. The molecule has 1 atom stereocenters. The first-order valence-corrected chi connectivity index (χ1v) is 6.39. The number of methoxy groups -OCH3 is 1. The quantitative estimate of drug-likeness (QED) is 0.634. The Morgan fingerprint density at radius 2 is 2.35 bits per heavy atom. The molecule has 17 heavy (non-hydrogen) atoms. The van der Waals surface area contributed by atoms with Gasteiger partial charge in [0.15, 0.2) is 0 Å². The second-order valence-corrected chi connectivity index (χ2v) is 5.32. The number of anilines is 1. The molecule has 2 N–H and O–H groups in total. The summed E-state index contributed by atoms with van der Waals surface area (Å²) in [4.78, 5) is 12.7. The number of fused-ring (bicyclic) bond motifs is 1. The second kappa shape index (κ2) is 5.53. The zero-order valence-electron chi connectivity index (χ0n) is 9.95. The van der Waals surface area contributed by atoms with Gasteiger partial charge in [0.25, 0.3) is 0 Å². The number of ether oxygens (including phenoxy) is 1. The SMILES string of the molecule is COCNCc1ccc2c(c1)NC(=O)C(C)S2. The molecule has 1 aliphatic heterocycles. The summed E-state index contributed by atoms with van der Waals surface area (Å²) < 4.78 is 4.92. The number of hydrogen-bond acceptors (Lipinski definition) is 4. The smallest absolute Gasteiger partial charge is 0.237 e. The van der Waals surface area contributed by atoms with Gasteiger partial charge in [0, 0.05) is 18.6 Å². The van der Waals surface area contributed by atoms with Gasteiger partial charge >= 0.3 is 0 Å². The lowest BCUT2D eigenvalue weighted by Crippen LogP contribution is -2.26. The number of nitrogens with one attached hydrogen (secondary N) is 2. The maximum absolute atomic E-state index is 11.6. The lowest BCUT2D eigenvalue weighted by molar-refractivity contribution is -0.115. The molecule has 0 spiro atoms. The van der Waals surface area contributed by atoms with Crippen LogP contribution in [0.5, 0.6) is 0 Å². The number of carbonyl (C=O) groups is 1. The molecule has 0 radical (unpaired) electrons. The first kappa shape index (κ1) is 12.4. The number of rotatable bonds is 4. The zero-order chi connectivity index (χ0) is 12.3. The maximum Gasteiger partial charge on any atom is 0.237 e. The summed E-state index contributed by atoms with van der Waals surface area (Å²) in [5, 5.41) is 6.04. The van der Waals surface area contributed by atoms with Gasteiger partial charge in [0.2, 0.25) is 5.91 Å². The lowest BCUT2D eigenvalue weighted by Gasteiger charge is -2.21. The van der Waals surface area contributed by atoms with E-state index in [2.05, 4.69) is 22.8 Å². The minimum Gasteiger partial charge on any atom is -0.370 e. The molecule has 1 unspecified atom stereocenters.